The Kier molecular flexibility index (Phi) is 6.41. The van der Waals surface area contributed by atoms with Gasteiger partial charge in [-0.25, -0.2) is 8.42 Å². The molecule has 1 heterocycles. The second-order valence-corrected chi connectivity index (χ2v) is 10.7. The summed E-state index contributed by atoms with van der Waals surface area (Å²) in [6.45, 7) is -1.13. The molecule has 0 aromatic rings. The third-order valence-corrected chi connectivity index (χ3v) is 8.39. The van der Waals surface area contributed by atoms with E-state index in [0.717, 1.165) is 32.1 Å². The molecule has 2 aliphatic rings. The van der Waals surface area contributed by atoms with E-state index in [-0.39, 0.29) is 29.0 Å². The van der Waals surface area contributed by atoms with Crippen LogP contribution in [0, 0.1) is 11.8 Å². The summed E-state index contributed by atoms with van der Waals surface area (Å²) >= 11 is 0. The van der Waals surface area contributed by atoms with Gasteiger partial charge in [0, 0.05) is 13.1 Å². The number of rotatable bonds is 6. The number of hydrogen-bond donors (Lipinski definition) is 1. The number of nitrogens with zero attached hydrogens (tertiary/aromatic N) is 1. The Balaban J connectivity index is 2.21. The van der Waals surface area contributed by atoms with Crippen molar-refractivity contribution < 1.29 is 47.7 Å². The van der Waals surface area contributed by atoms with Crippen molar-refractivity contribution in [1.29, 1.82) is 0 Å². The van der Waals surface area contributed by atoms with Gasteiger partial charge >= 0.3 is 26.5 Å². The molecule has 14 heteroatoms. The number of piperidine rings is 1. The van der Waals surface area contributed by atoms with Crippen LogP contribution in [0.15, 0.2) is 0 Å². The van der Waals surface area contributed by atoms with Gasteiger partial charge in [-0.1, -0.05) is 32.1 Å². The van der Waals surface area contributed by atoms with Crippen LogP contribution in [0.3, 0.4) is 0 Å². The molecular weight excluding hydrogens is 440 g/mol. The van der Waals surface area contributed by atoms with Crippen molar-refractivity contribution in [1.82, 2.24) is 4.31 Å². The zero-order valence-electron chi connectivity index (χ0n) is 14.6. The zero-order valence-corrected chi connectivity index (χ0v) is 16.3. The first kappa shape index (κ1) is 23.7. The van der Waals surface area contributed by atoms with Gasteiger partial charge in [0.15, 0.2) is 0 Å². The Hall–Kier alpha value is -0.600. The molecule has 1 N–H and O–H groups in total. The molecule has 0 aromatic heterocycles. The van der Waals surface area contributed by atoms with Crippen LogP contribution in [0.4, 0.5) is 26.3 Å². The molecule has 2 rings (SSSR count). The SMILES string of the molecule is O=S(=O)(O)C(F)(F)C(F)(F)C(F)(F)S(=O)(=O)N1CCC(C2CCCCC2)CC1. The lowest BCUT2D eigenvalue weighted by molar-refractivity contribution is -0.247. The lowest BCUT2D eigenvalue weighted by Gasteiger charge is -2.39. The summed E-state index contributed by atoms with van der Waals surface area (Å²) in [5, 5.41) is -13.1. The number of halogens is 6. The van der Waals surface area contributed by atoms with Crippen molar-refractivity contribution in [2.75, 3.05) is 13.1 Å². The first-order valence-corrected chi connectivity index (χ1v) is 11.6. The summed E-state index contributed by atoms with van der Waals surface area (Å²) in [6.07, 6.45) is 5.04. The molecule has 0 amide bonds. The van der Waals surface area contributed by atoms with E-state index in [1.165, 1.54) is 0 Å². The largest absolute Gasteiger partial charge is 0.439 e. The molecule has 6 nitrogen and oxygen atoms in total. The van der Waals surface area contributed by atoms with Crippen LogP contribution >= 0.6 is 0 Å². The maximum absolute atomic E-state index is 14.0. The Morgan fingerprint density at radius 1 is 0.714 bits per heavy atom. The van der Waals surface area contributed by atoms with Crippen LogP contribution in [0.5, 0.6) is 0 Å². The fraction of sp³-hybridized carbons (Fsp3) is 1.00. The van der Waals surface area contributed by atoms with Crippen molar-refractivity contribution in [3.8, 4) is 0 Å². The van der Waals surface area contributed by atoms with Crippen molar-refractivity contribution in [2.24, 2.45) is 11.8 Å². The van der Waals surface area contributed by atoms with Gasteiger partial charge in [-0.15, -0.1) is 0 Å². The topological polar surface area (TPSA) is 91.7 Å². The van der Waals surface area contributed by atoms with E-state index in [1.54, 1.807) is 0 Å². The van der Waals surface area contributed by atoms with Gasteiger partial charge in [-0.2, -0.15) is 39.1 Å². The zero-order chi connectivity index (χ0) is 21.6. The average Bonchev–Trinajstić information content (AvgIpc) is 2.61. The summed E-state index contributed by atoms with van der Waals surface area (Å²) in [7, 11) is -13.3. The van der Waals surface area contributed by atoms with Gasteiger partial charge in [-0.3, -0.25) is 4.55 Å². The third kappa shape index (κ3) is 3.76. The maximum atomic E-state index is 14.0. The van der Waals surface area contributed by atoms with Crippen LogP contribution in [-0.4, -0.2) is 55.2 Å². The first-order valence-electron chi connectivity index (χ1n) is 8.67. The Bertz CT molecular complexity index is 772. The lowest BCUT2D eigenvalue weighted by atomic mass is 9.76. The highest BCUT2D eigenvalue weighted by atomic mass is 32.2. The molecule has 0 unspecified atom stereocenters. The van der Waals surface area contributed by atoms with Crippen LogP contribution in [-0.2, 0) is 20.1 Å². The average molecular weight is 461 g/mol. The van der Waals surface area contributed by atoms with Crippen molar-refractivity contribution in [3.05, 3.63) is 0 Å². The van der Waals surface area contributed by atoms with Crippen molar-refractivity contribution in [2.45, 2.75) is 61.4 Å². The first-order chi connectivity index (χ1) is 12.6. The molecule has 1 aliphatic carbocycles. The van der Waals surface area contributed by atoms with Crippen LogP contribution in [0.1, 0.15) is 44.9 Å². The molecule has 0 spiro atoms. The second-order valence-electron chi connectivity index (χ2n) is 7.22. The lowest BCUT2D eigenvalue weighted by Crippen LogP contribution is -2.63. The van der Waals surface area contributed by atoms with Gasteiger partial charge in [0.1, 0.15) is 0 Å². The minimum Gasteiger partial charge on any atom is -0.281 e. The van der Waals surface area contributed by atoms with Crippen LogP contribution in [0.25, 0.3) is 0 Å². The van der Waals surface area contributed by atoms with Crippen molar-refractivity contribution in [3.63, 3.8) is 0 Å². The molecule has 0 radical (unpaired) electrons. The smallest absolute Gasteiger partial charge is 0.281 e. The van der Waals surface area contributed by atoms with E-state index in [1.807, 2.05) is 0 Å². The van der Waals surface area contributed by atoms with Crippen LogP contribution < -0.4 is 0 Å². The van der Waals surface area contributed by atoms with E-state index in [9.17, 15) is 43.2 Å². The number of alkyl halides is 6. The molecule has 28 heavy (non-hydrogen) atoms. The van der Waals surface area contributed by atoms with E-state index < -0.39 is 49.7 Å². The predicted octanol–water partition coefficient (Wildman–Crippen LogP) is 3.32. The second kappa shape index (κ2) is 7.58. The van der Waals surface area contributed by atoms with Crippen LogP contribution in [0.2, 0.25) is 0 Å². The van der Waals surface area contributed by atoms with Gasteiger partial charge < -0.3 is 0 Å². The predicted molar refractivity (Wildman–Crippen MR) is 86.2 cm³/mol. The van der Waals surface area contributed by atoms with E-state index in [4.69, 9.17) is 4.55 Å². The minimum absolute atomic E-state index is 0.0136. The molecule has 1 saturated heterocycles. The molecule has 0 bridgehead atoms. The highest BCUT2D eigenvalue weighted by Crippen LogP contribution is 2.51. The molecule has 0 atom stereocenters. The molecule has 1 aliphatic heterocycles. The molecule has 1 saturated carbocycles. The van der Waals surface area contributed by atoms with Gasteiger partial charge in [0.25, 0.3) is 10.0 Å². The Morgan fingerprint density at radius 3 is 1.57 bits per heavy atom. The van der Waals surface area contributed by atoms with E-state index >= 15 is 0 Å². The summed E-state index contributed by atoms with van der Waals surface area (Å²) in [5.41, 5.74) is 0. The minimum atomic E-state index is -7.00. The molecular formula is C14H21F6NO5S2. The summed E-state index contributed by atoms with van der Waals surface area (Å²) in [4.78, 5) is 0. The fourth-order valence-electron chi connectivity index (χ4n) is 3.85. The summed E-state index contributed by atoms with van der Waals surface area (Å²) < 4.78 is 135. The normalized spacial score (nSPS) is 23.1. The third-order valence-electron chi connectivity index (χ3n) is 5.53. The van der Waals surface area contributed by atoms with Crippen molar-refractivity contribution >= 4 is 20.1 Å². The number of hydrogen-bond acceptors (Lipinski definition) is 4. The fourth-order valence-corrected chi connectivity index (χ4v) is 5.83. The molecule has 166 valence electrons. The Morgan fingerprint density at radius 2 is 1.14 bits per heavy atom. The van der Waals surface area contributed by atoms with Gasteiger partial charge in [-0.05, 0) is 24.7 Å². The monoisotopic (exact) mass is 461 g/mol. The Labute approximate surface area is 159 Å². The molecule has 0 aromatic carbocycles. The molecule has 2 fully saturated rings. The summed E-state index contributed by atoms with van der Waals surface area (Å²) in [6, 6.07) is 0. The number of sulfonamides is 1. The highest BCUT2D eigenvalue weighted by molar-refractivity contribution is 7.90. The quantitative estimate of drug-likeness (QED) is 0.484. The standard InChI is InChI=1S/C14H21F6NO5S2/c15-12(16,14(19,20)28(24,25)26)13(17,18)27(22,23)21-8-6-11(7-9-21)10-4-2-1-3-5-10/h10-11H,1-9H2,(H,24,25,26). The van der Waals surface area contributed by atoms with Gasteiger partial charge in [0.05, 0.1) is 0 Å². The van der Waals surface area contributed by atoms with E-state index in [2.05, 4.69) is 0 Å². The maximum Gasteiger partial charge on any atom is 0.439 e. The van der Waals surface area contributed by atoms with Gasteiger partial charge in [0.2, 0.25) is 0 Å². The highest BCUT2D eigenvalue weighted by Gasteiger charge is 2.82. The summed E-state index contributed by atoms with van der Waals surface area (Å²) in [5.74, 6) is -6.60. The van der Waals surface area contributed by atoms with E-state index in [0.29, 0.717) is 0 Å².